The number of hydrogen-bond donors (Lipinski definition) is 2. The Hall–Kier alpha value is -4.01. The number of halogens is 1. The van der Waals surface area contributed by atoms with Crippen LogP contribution in [0, 0.1) is 5.82 Å². The Bertz CT molecular complexity index is 1260. The number of amides is 1. The first-order valence-corrected chi connectivity index (χ1v) is 10.1. The fourth-order valence-corrected chi connectivity index (χ4v) is 3.59. The summed E-state index contributed by atoms with van der Waals surface area (Å²) >= 11 is 0. The monoisotopic (exact) mass is 434 g/mol. The Balaban J connectivity index is 1.57. The lowest BCUT2D eigenvalue weighted by atomic mass is 9.98. The number of aromatic nitrogens is 4. The molecule has 1 amide bonds. The van der Waals surface area contributed by atoms with E-state index in [4.69, 9.17) is 10.5 Å². The van der Waals surface area contributed by atoms with Crippen LogP contribution in [0.5, 0.6) is 5.88 Å². The minimum Gasteiger partial charge on any atom is -0.480 e. The Labute approximate surface area is 184 Å². The highest BCUT2D eigenvalue weighted by molar-refractivity contribution is 5.97. The summed E-state index contributed by atoms with van der Waals surface area (Å²) in [7, 11) is 1.43. The van der Waals surface area contributed by atoms with Crippen LogP contribution in [0.2, 0.25) is 0 Å². The zero-order valence-electron chi connectivity index (χ0n) is 17.7. The highest BCUT2D eigenvalue weighted by atomic mass is 19.1. The maximum Gasteiger partial charge on any atom is 0.256 e. The number of fused-ring (bicyclic) bond motifs is 1. The maximum atomic E-state index is 14.7. The molecule has 4 aromatic rings. The Morgan fingerprint density at radius 2 is 2.03 bits per heavy atom. The standard InChI is InChI=1S/C23H23FN6O2/c1-14(15-6-4-3-5-7-15)8-9-26-22(31)17-10-16(12-27-23(17)32-2)20-18(24)11-19-21(25)28-13-29-30(19)20/h3-7,10-14H,8-9H2,1-2H3,(H,26,31)(H2,25,28,29). The molecular weight excluding hydrogens is 411 g/mol. The van der Waals surface area contributed by atoms with E-state index in [0.717, 1.165) is 6.42 Å². The minimum atomic E-state index is -0.549. The number of pyridine rings is 1. The van der Waals surface area contributed by atoms with Crippen molar-refractivity contribution >= 4 is 17.2 Å². The number of carbonyl (C=O) groups is 1. The molecule has 0 fully saturated rings. The number of nitrogens with zero attached hydrogens (tertiary/aromatic N) is 4. The molecule has 1 aromatic carbocycles. The van der Waals surface area contributed by atoms with E-state index < -0.39 is 5.82 Å². The summed E-state index contributed by atoms with van der Waals surface area (Å²) < 4.78 is 21.3. The molecule has 3 aromatic heterocycles. The third kappa shape index (κ3) is 4.09. The van der Waals surface area contributed by atoms with E-state index in [2.05, 4.69) is 39.4 Å². The predicted octanol–water partition coefficient (Wildman–Crippen LogP) is 3.44. The number of nitrogens with two attached hydrogens (primary N) is 1. The third-order valence-corrected chi connectivity index (χ3v) is 5.35. The lowest BCUT2D eigenvalue weighted by molar-refractivity contribution is 0.0949. The van der Waals surface area contributed by atoms with Gasteiger partial charge >= 0.3 is 0 Å². The lowest BCUT2D eigenvalue weighted by Crippen LogP contribution is -2.26. The first-order valence-electron chi connectivity index (χ1n) is 10.1. The molecule has 4 rings (SSSR count). The molecule has 0 bridgehead atoms. The lowest BCUT2D eigenvalue weighted by Gasteiger charge is -2.14. The topological polar surface area (TPSA) is 107 Å². The molecule has 8 nitrogen and oxygen atoms in total. The van der Waals surface area contributed by atoms with E-state index in [-0.39, 0.29) is 34.8 Å². The van der Waals surface area contributed by atoms with Crippen molar-refractivity contribution in [2.24, 2.45) is 0 Å². The van der Waals surface area contributed by atoms with Crippen LogP contribution in [0.3, 0.4) is 0 Å². The summed E-state index contributed by atoms with van der Waals surface area (Å²) in [5.41, 5.74) is 8.06. The molecule has 3 N–H and O–H groups in total. The van der Waals surface area contributed by atoms with Gasteiger partial charge in [0, 0.05) is 24.4 Å². The van der Waals surface area contributed by atoms with Gasteiger partial charge in [-0.2, -0.15) is 5.10 Å². The van der Waals surface area contributed by atoms with E-state index in [9.17, 15) is 9.18 Å². The summed E-state index contributed by atoms with van der Waals surface area (Å²) in [4.78, 5) is 21.0. The first kappa shape index (κ1) is 21.2. The van der Waals surface area contributed by atoms with Crippen molar-refractivity contribution in [2.45, 2.75) is 19.3 Å². The van der Waals surface area contributed by atoms with Gasteiger partial charge in [-0.15, -0.1) is 0 Å². The van der Waals surface area contributed by atoms with Crippen molar-refractivity contribution in [2.75, 3.05) is 19.4 Å². The van der Waals surface area contributed by atoms with Crippen molar-refractivity contribution in [3.8, 4) is 17.1 Å². The summed E-state index contributed by atoms with van der Waals surface area (Å²) in [6.07, 6.45) is 3.43. The zero-order valence-corrected chi connectivity index (χ0v) is 17.7. The first-order chi connectivity index (χ1) is 15.5. The largest absolute Gasteiger partial charge is 0.480 e. The number of ether oxygens (including phenoxy) is 1. The van der Waals surface area contributed by atoms with Crippen molar-refractivity contribution in [3.63, 3.8) is 0 Å². The Kier molecular flexibility index (Phi) is 5.98. The van der Waals surface area contributed by atoms with E-state index in [0.29, 0.717) is 17.6 Å². The van der Waals surface area contributed by atoms with Gasteiger partial charge in [-0.3, -0.25) is 4.79 Å². The molecule has 0 aliphatic rings. The number of nitrogens with one attached hydrogen (secondary N) is 1. The Morgan fingerprint density at radius 3 is 2.78 bits per heavy atom. The Morgan fingerprint density at radius 1 is 1.25 bits per heavy atom. The molecule has 9 heteroatoms. The van der Waals surface area contributed by atoms with Crippen molar-refractivity contribution in [1.82, 2.24) is 24.9 Å². The number of methoxy groups -OCH3 is 1. The second kappa shape index (κ2) is 9.01. The third-order valence-electron chi connectivity index (χ3n) is 5.35. The fourth-order valence-electron chi connectivity index (χ4n) is 3.59. The van der Waals surface area contributed by atoms with Gasteiger partial charge in [0.25, 0.3) is 5.91 Å². The van der Waals surface area contributed by atoms with E-state index in [1.54, 1.807) is 0 Å². The molecule has 0 saturated carbocycles. The van der Waals surface area contributed by atoms with E-state index in [1.807, 2.05) is 18.2 Å². The highest BCUT2D eigenvalue weighted by Crippen LogP contribution is 2.29. The average Bonchev–Trinajstić information content (AvgIpc) is 3.16. The number of rotatable bonds is 7. The van der Waals surface area contributed by atoms with Gasteiger partial charge in [-0.1, -0.05) is 37.3 Å². The quantitative estimate of drug-likeness (QED) is 0.461. The molecule has 32 heavy (non-hydrogen) atoms. The molecule has 1 atom stereocenters. The summed E-state index contributed by atoms with van der Waals surface area (Å²) in [6, 6.07) is 12.9. The van der Waals surface area contributed by atoms with Crippen LogP contribution in [0.1, 0.15) is 35.2 Å². The predicted molar refractivity (Wildman–Crippen MR) is 119 cm³/mol. The van der Waals surface area contributed by atoms with Gasteiger partial charge in [-0.05, 0) is 24.0 Å². The van der Waals surface area contributed by atoms with Crippen molar-refractivity contribution in [1.29, 1.82) is 0 Å². The molecule has 0 aliphatic heterocycles. The molecular formula is C23H23FN6O2. The number of nitrogen functional groups attached to an aromatic ring is 1. The normalized spacial score (nSPS) is 12.0. The molecule has 0 radical (unpaired) electrons. The maximum absolute atomic E-state index is 14.7. The zero-order chi connectivity index (χ0) is 22.7. The van der Waals surface area contributed by atoms with Crippen molar-refractivity contribution < 1.29 is 13.9 Å². The fraction of sp³-hybridized carbons (Fsp3) is 0.217. The minimum absolute atomic E-state index is 0.135. The van der Waals surface area contributed by atoms with E-state index >= 15 is 0 Å². The van der Waals surface area contributed by atoms with Crippen LogP contribution in [0.25, 0.3) is 16.8 Å². The molecule has 0 spiro atoms. The van der Waals surface area contributed by atoms with Gasteiger partial charge in [0.1, 0.15) is 23.1 Å². The van der Waals surface area contributed by atoms with Crippen LogP contribution >= 0.6 is 0 Å². The van der Waals surface area contributed by atoms with Crippen LogP contribution in [0.15, 0.2) is 55.0 Å². The molecule has 164 valence electrons. The number of benzene rings is 1. The van der Waals surface area contributed by atoms with Crippen molar-refractivity contribution in [3.05, 3.63) is 71.9 Å². The molecule has 0 aliphatic carbocycles. The van der Waals surface area contributed by atoms with Gasteiger partial charge < -0.3 is 15.8 Å². The molecule has 3 heterocycles. The van der Waals surface area contributed by atoms with Crippen LogP contribution in [0.4, 0.5) is 10.2 Å². The van der Waals surface area contributed by atoms with Gasteiger partial charge in [0.05, 0.1) is 7.11 Å². The number of hydrogen-bond acceptors (Lipinski definition) is 6. The van der Waals surface area contributed by atoms with E-state index in [1.165, 1.54) is 41.8 Å². The van der Waals surface area contributed by atoms with Crippen LogP contribution in [-0.4, -0.2) is 39.1 Å². The van der Waals surface area contributed by atoms with Crippen LogP contribution in [-0.2, 0) is 0 Å². The summed E-state index contributed by atoms with van der Waals surface area (Å²) in [6.45, 7) is 2.58. The highest BCUT2D eigenvalue weighted by Gasteiger charge is 2.20. The van der Waals surface area contributed by atoms with Crippen LogP contribution < -0.4 is 15.8 Å². The summed E-state index contributed by atoms with van der Waals surface area (Å²) in [5.74, 6) is -0.317. The SMILES string of the molecule is COc1ncc(-c2c(F)cc3c(N)ncnn23)cc1C(=O)NCCC(C)c1ccccc1. The number of anilines is 1. The average molecular weight is 434 g/mol. The number of carbonyl (C=O) groups excluding carboxylic acids is 1. The molecule has 0 saturated heterocycles. The second-order valence-corrected chi connectivity index (χ2v) is 7.42. The summed E-state index contributed by atoms with van der Waals surface area (Å²) in [5, 5.41) is 6.98. The van der Waals surface area contributed by atoms with Gasteiger partial charge in [0.2, 0.25) is 5.88 Å². The smallest absolute Gasteiger partial charge is 0.256 e. The molecule has 1 unspecified atom stereocenters. The van der Waals surface area contributed by atoms with Gasteiger partial charge in [0.15, 0.2) is 11.6 Å². The second-order valence-electron chi connectivity index (χ2n) is 7.42. The van der Waals surface area contributed by atoms with Gasteiger partial charge in [-0.25, -0.2) is 18.9 Å².